The summed E-state index contributed by atoms with van der Waals surface area (Å²) in [5, 5.41) is 6.82. The second-order valence-corrected chi connectivity index (χ2v) is 8.24. The maximum Gasteiger partial charge on any atom is 0.191 e. The van der Waals surface area contributed by atoms with E-state index in [1.165, 1.54) is 6.42 Å². The lowest BCUT2D eigenvalue weighted by molar-refractivity contribution is 0.0143. The summed E-state index contributed by atoms with van der Waals surface area (Å²) in [6, 6.07) is 0.483. The maximum absolute atomic E-state index is 5.78. The number of hydrogen-bond donors (Lipinski definition) is 2. The second-order valence-electron chi connectivity index (χ2n) is 8.24. The average molecular weight is 527 g/mol. The second kappa shape index (κ2) is 16.5. The third-order valence-corrected chi connectivity index (χ3v) is 5.25. The smallest absolute Gasteiger partial charge is 0.191 e. The third kappa shape index (κ3) is 11.7. The van der Waals surface area contributed by atoms with E-state index >= 15 is 0 Å². The first-order valence-electron chi connectivity index (χ1n) is 11.2. The average Bonchev–Trinajstić information content (AvgIpc) is 3.21. The van der Waals surface area contributed by atoms with Gasteiger partial charge in [0.15, 0.2) is 5.96 Å². The number of ether oxygens (including phenoxy) is 3. The van der Waals surface area contributed by atoms with Crippen LogP contribution in [0.4, 0.5) is 0 Å². The van der Waals surface area contributed by atoms with Gasteiger partial charge in [0.05, 0.1) is 33.0 Å². The van der Waals surface area contributed by atoms with Gasteiger partial charge in [0, 0.05) is 51.4 Å². The summed E-state index contributed by atoms with van der Waals surface area (Å²) >= 11 is 0. The van der Waals surface area contributed by atoms with Crippen LogP contribution in [0, 0.1) is 11.8 Å². The molecule has 0 bridgehead atoms. The van der Waals surface area contributed by atoms with Gasteiger partial charge >= 0.3 is 0 Å². The van der Waals surface area contributed by atoms with Crippen molar-refractivity contribution in [2.75, 3.05) is 72.4 Å². The topological polar surface area (TPSA) is 67.4 Å². The quantitative estimate of drug-likeness (QED) is 0.176. The molecule has 7 nitrogen and oxygen atoms in total. The normalized spacial score (nSPS) is 21.8. The number of rotatable bonds is 12. The van der Waals surface area contributed by atoms with Gasteiger partial charge in [-0.1, -0.05) is 13.8 Å². The molecule has 0 amide bonds. The van der Waals surface area contributed by atoms with E-state index in [0.29, 0.717) is 17.9 Å². The molecule has 29 heavy (non-hydrogen) atoms. The Labute approximate surface area is 194 Å². The summed E-state index contributed by atoms with van der Waals surface area (Å²) in [4.78, 5) is 7.42. The van der Waals surface area contributed by atoms with Crippen molar-refractivity contribution in [2.24, 2.45) is 16.8 Å². The zero-order valence-corrected chi connectivity index (χ0v) is 21.0. The molecule has 0 saturated carbocycles. The van der Waals surface area contributed by atoms with Crippen molar-refractivity contribution in [2.45, 2.75) is 46.1 Å². The summed E-state index contributed by atoms with van der Waals surface area (Å²) in [5.41, 5.74) is 0. The Balaban J connectivity index is 0.00000420. The predicted octanol–water partition coefficient (Wildman–Crippen LogP) is 2.35. The molecule has 2 fully saturated rings. The lowest BCUT2D eigenvalue weighted by Crippen LogP contribution is -2.46. The highest BCUT2D eigenvalue weighted by molar-refractivity contribution is 14.0. The van der Waals surface area contributed by atoms with Crippen LogP contribution in [0.15, 0.2) is 4.99 Å². The minimum atomic E-state index is 0. The van der Waals surface area contributed by atoms with E-state index in [1.54, 1.807) is 0 Å². The first-order chi connectivity index (χ1) is 13.7. The van der Waals surface area contributed by atoms with Gasteiger partial charge in [-0.3, -0.25) is 9.89 Å². The van der Waals surface area contributed by atoms with Crippen LogP contribution in [0.2, 0.25) is 0 Å². The Hall–Kier alpha value is -0.160. The van der Waals surface area contributed by atoms with Gasteiger partial charge in [-0.05, 0) is 32.1 Å². The van der Waals surface area contributed by atoms with Crippen LogP contribution in [-0.2, 0) is 14.2 Å². The van der Waals surface area contributed by atoms with Crippen molar-refractivity contribution >= 4 is 29.9 Å². The van der Waals surface area contributed by atoms with Crippen molar-refractivity contribution < 1.29 is 14.2 Å². The highest BCUT2D eigenvalue weighted by atomic mass is 127. The molecule has 8 heteroatoms. The number of morpholine rings is 1. The molecule has 172 valence electrons. The van der Waals surface area contributed by atoms with E-state index in [1.807, 2.05) is 0 Å². The first kappa shape index (κ1) is 26.9. The Bertz CT molecular complexity index is 428. The van der Waals surface area contributed by atoms with Crippen molar-refractivity contribution in [1.29, 1.82) is 0 Å². The molecule has 0 aromatic heterocycles. The molecule has 0 radical (unpaired) electrons. The molecular formula is C21H43IN4O3. The van der Waals surface area contributed by atoms with Crippen LogP contribution in [0.3, 0.4) is 0 Å². The van der Waals surface area contributed by atoms with E-state index in [-0.39, 0.29) is 24.0 Å². The van der Waals surface area contributed by atoms with Gasteiger partial charge < -0.3 is 24.8 Å². The molecule has 2 atom stereocenters. The molecule has 2 rings (SSSR count). The van der Waals surface area contributed by atoms with E-state index < -0.39 is 0 Å². The van der Waals surface area contributed by atoms with E-state index in [9.17, 15) is 0 Å². The molecule has 2 N–H and O–H groups in total. The van der Waals surface area contributed by atoms with E-state index in [0.717, 1.165) is 91.2 Å². The molecule has 0 aromatic rings. The number of aliphatic imine (C=N–C) groups is 1. The molecule has 2 saturated heterocycles. The zero-order valence-electron chi connectivity index (χ0n) is 18.7. The third-order valence-electron chi connectivity index (χ3n) is 5.25. The Morgan fingerprint density at radius 2 is 1.97 bits per heavy atom. The summed E-state index contributed by atoms with van der Waals surface area (Å²) < 4.78 is 16.7. The van der Waals surface area contributed by atoms with E-state index in [2.05, 4.69) is 36.3 Å². The molecule has 0 spiro atoms. The van der Waals surface area contributed by atoms with Crippen molar-refractivity contribution in [3.63, 3.8) is 0 Å². The van der Waals surface area contributed by atoms with Crippen LogP contribution in [0.5, 0.6) is 0 Å². The lowest BCUT2D eigenvalue weighted by Gasteiger charge is -2.34. The van der Waals surface area contributed by atoms with Crippen LogP contribution in [0.25, 0.3) is 0 Å². The summed E-state index contributed by atoms with van der Waals surface area (Å²) in [6.45, 7) is 16.3. The standard InChI is InChI=1S/C21H42N4O3.HI/c1-4-22-21(23-7-5-10-27-16-19-6-11-28-17-19)24-15-20(14-18(2)3)25-8-12-26-13-9-25;/h18-20H,4-17H2,1-3H3,(H2,22,23,24);1H. The number of halogens is 1. The summed E-state index contributed by atoms with van der Waals surface area (Å²) in [6.07, 6.45) is 3.29. The van der Waals surface area contributed by atoms with Crippen LogP contribution >= 0.6 is 24.0 Å². The minimum absolute atomic E-state index is 0. The molecule has 0 aliphatic carbocycles. The lowest BCUT2D eigenvalue weighted by atomic mass is 10.0. The molecule has 2 heterocycles. The predicted molar refractivity (Wildman–Crippen MR) is 129 cm³/mol. The highest BCUT2D eigenvalue weighted by Crippen LogP contribution is 2.14. The monoisotopic (exact) mass is 526 g/mol. The van der Waals surface area contributed by atoms with Crippen molar-refractivity contribution in [3.05, 3.63) is 0 Å². The summed E-state index contributed by atoms with van der Waals surface area (Å²) in [7, 11) is 0. The Morgan fingerprint density at radius 3 is 2.62 bits per heavy atom. The number of guanidine groups is 1. The minimum Gasteiger partial charge on any atom is -0.381 e. The fourth-order valence-corrected chi connectivity index (χ4v) is 3.71. The van der Waals surface area contributed by atoms with Gasteiger partial charge in [-0.15, -0.1) is 24.0 Å². The first-order valence-corrected chi connectivity index (χ1v) is 11.2. The number of hydrogen-bond acceptors (Lipinski definition) is 5. The molecule has 0 aromatic carbocycles. The SMILES string of the molecule is CCNC(=NCC(CC(C)C)N1CCOCC1)NCCCOCC1CCOC1.I. The molecule has 2 unspecified atom stereocenters. The van der Waals surface area contributed by atoms with Crippen LogP contribution in [0.1, 0.15) is 40.0 Å². The van der Waals surface area contributed by atoms with Crippen molar-refractivity contribution in [3.8, 4) is 0 Å². The Morgan fingerprint density at radius 1 is 1.17 bits per heavy atom. The molecular weight excluding hydrogens is 483 g/mol. The van der Waals surface area contributed by atoms with Gasteiger partial charge in [0.1, 0.15) is 0 Å². The van der Waals surface area contributed by atoms with E-state index in [4.69, 9.17) is 19.2 Å². The molecule has 2 aliphatic rings. The van der Waals surface area contributed by atoms with Crippen LogP contribution < -0.4 is 10.6 Å². The maximum atomic E-state index is 5.78. The zero-order chi connectivity index (χ0) is 20.0. The van der Waals surface area contributed by atoms with Gasteiger partial charge in [0.25, 0.3) is 0 Å². The largest absolute Gasteiger partial charge is 0.381 e. The molecule has 2 aliphatic heterocycles. The Kier molecular flexibility index (Phi) is 15.3. The fourth-order valence-electron chi connectivity index (χ4n) is 3.71. The summed E-state index contributed by atoms with van der Waals surface area (Å²) in [5.74, 6) is 2.17. The number of nitrogens with one attached hydrogen (secondary N) is 2. The van der Waals surface area contributed by atoms with Gasteiger partial charge in [-0.25, -0.2) is 0 Å². The van der Waals surface area contributed by atoms with Crippen molar-refractivity contribution in [1.82, 2.24) is 15.5 Å². The number of nitrogens with zero attached hydrogens (tertiary/aromatic N) is 2. The van der Waals surface area contributed by atoms with Gasteiger partial charge in [-0.2, -0.15) is 0 Å². The van der Waals surface area contributed by atoms with Crippen LogP contribution in [-0.4, -0.2) is 89.3 Å². The van der Waals surface area contributed by atoms with Gasteiger partial charge in [0.2, 0.25) is 0 Å². The fraction of sp³-hybridized carbons (Fsp3) is 0.952. The highest BCUT2D eigenvalue weighted by Gasteiger charge is 2.21.